The Kier molecular flexibility index (Phi) is 5.76. The molecule has 0 spiro atoms. The molecular weight excluding hydrogens is 406 g/mol. The first-order chi connectivity index (χ1) is 14.3. The number of nitrogens with zero attached hydrogens (tertiary/aromatic N) is 1. The first-order valence-corrected chi connectivity index (χ1v) is 12.2. The second-order valence-corrected chi connectivity index (χ2v) is 10.3. The Morgan fingerprint density at radius 2 is 1.90 bits per heavy atom. The lowest BCUT2D eigenvalue weighted by Gasteiger charge is -2.29. The van der Waals surface area contributed by atoms with Gasteiger partial charge in [-0.1, -0.05) is 19.3 Å². The summed E-state index contributed by atoms with van der Waals surface area (Å²) in [6, 6.07) is 2.52. The van der Waals surface area contributed by atoms with Gasteiger partial charge in [0, 0.05) is 18.7 Å². The number of carbonyl (C=O) groups excluding carboxylic acids is 2. The van der Waals surface area contributed by atoms with Crippen molar-refractivity contribution in [1.29, 1.82) is 0 Å². The van der Waals surface area contributed by atoms with E-state index in [0.29, 0.717) is 36.4 Å². The summed E-state index contributed by atoms with van der Waals surface area (Å²) >= 11 is 0. The maximum atomic E-state index is 13.5. The van der Waals surface area contributed by atoms with Gasteiger partial charge in [-0.3, -0.25) is 9.59 Å². The molecule has 1 saturated heterocycles. The zero-order chi connectivity index (χ0) is 21.5. The van der Waals surface area contributed by atoms with E-state index in [0.717, 1.165) is 25.7 Å². The van der Waals surface area contributed by atoms with E-state index in [4.69, 9.17) is 4.74 Å². The lowest BCUT2D eigenvalue weighted by atomic mass is 9.95. The third kappa shape index (κ3) is 3.92. The molecule has 4 rings (SSSR count). The number of hydrogen-bond acceptors (Lipinski definition) is 5. The van der Waals surface area contributed by atoms with Gasteiger partial charge in [-0.25, -0.2) is 8.42 Å². The van der Waals surface area contributed by atoms with Crippen molar-refractivity contribution in [3.05, 3.63) is 17.7 Å². The quantitative estimate of drug-likeness (QED) is 0.755. The zero-order valence-corrected chi connectivity index (χ0v) is 18.3. The van der Waals surface area contributed by atoms with Gasteiger partial charge < -0.3 is 15.4 Å². The van der Waals surface area contributed by atoms with Gasteiger partial charge in [0.15, 0.2) is 6.10 Å². The molecule has 0 unspecified atom stereocenters. The number of benzene rings is 1. The average Bonchev–Trinajstić information content (AvgIpc) is 3.20. The van der Waals surface area contributed by atoms with Crippen molar-refractivity contribution >= 4 is 27.5 Å². The highest BCUT2D eigenvalue weighted by Gasteiger charge is 2.41. The maximum Gasteiger partial charge on any atom is 0.265 e. The van der Waals surface area contributed by atoms with Crippen LogP contribution in [-0.4, -0.2) is 49.3 Å². The summed E-state index contributed by atoms with van der Waals surface area (Å²) in [4.78, 5) is 24.9. The molecule has 30 heavy (non-hydrogen) atoms. The molecule has 9 heteroatoms. The summed E-state index contributed by atoms with van der Waals surface area (Å²) in [5.74, 6) is -0.138. The molecular formula is C21H29N3O5S. The van der Waals surface area contributed by atoms with Gasteiger partial charge in [0.2, 0.25) is 15.9 Å². The molecule has 1 aromatic rings. The lowest BCUT2D eigenvalue weighted by molar-refractivity contribution is -0.125. The Morgan fingerprint density at radius 3 is 2.63 bits per heavy atom. The number of ether oxygens (including phenoxy) is 1. The number of amides is 2. The van der Waals surface area contributed by atoms with Crippen LogP contribution in [0.5, 0.6) is 5.75 Å². The van der Waals surface area contributed by atoms with Gasteiger partial charge in [-0.2, -0.15) is 4.31 Å². The van der Waals surface area contributed by atoms with Gasteiger partial charge in [-0.05, 0) is 51.2 Å². The fraction of sp³-hybridized carbons (Fsp3) is 0.619. The number of fused-ring (bicyclic) bond motifs is 1. The second kappa shape index (κ2) is 8.19. The molecule has 8 nitrogen and oxygen atoms in total. The van der Waals surface area contributed by atoms with Crippen molar-refractivity contribution in [3.63, 3.8) is 0 Å². The van der Waals surface area contributed by atoms with Crippen LogP contribution in [-0.2, 0) is 19.6 Å². The summed E-state index contributed by atoms with van der Waals surface area (Å²) in [5, 5.41) is 5.81. The second-order valence-electron chi connectivity index (χ2n) is 8.48. The number of anilines is 1. The maximum absolute atomic E-state index is 13.5. The van der Waals surface area contributed by atoms with Crippen molar-refractivity contribution < 1.29 is 22.7 Å². The van der Waals surface area contributed by atoms with E-state index in [1.807, 2.05) is 0 Å². The third-order valence-corrected chi connectivity index (χ3v) is 8.30. The highest BCUT2D eigenvalue weighted by Crippen LogP contribution is 2.37. The van der Waals surface area contributed by atoms with Crippen LogP contribution in [0.15, 0.2) is 17.0 Å². The van der Waals surface area contributed by atoms with Crippen molar-refractivity contribution in [1.82, 2.24) is 9.62 Å². The number of nitrogens with one attached hydrogen (secondary N) is 2. The molecule has 2 aliphatic heterocycles. The van der Waals surface area contributed by atoms with E-state index >= 15 is 0 Å². The van der Waals surface area contributed by atoms with Crippen LogP contribution >= 0.6 is 0 Å². The molecule has 0 aromatic heterocycles. The van der Waals surface area contributed by atoms with E-state index < -0.39 is 22.2 Å². The molecule has 1 aromatic carbocycles. The summed E-state index contributed by atoms with van der Waals surface area (Å²) in [5.41, 5.74) is 0.966. The van der Waals surface area contributed by atoms with Gasteiger partial charge >= 0.3 is 0 Å². The summed E-state index contributed by atoms with van der Waals surface area (Å²) in [6.45, 7) is 3.61. The Hall–Kier alpha value is -2.13. The molecule has 2 amide bonds. The average molecular weight is 436 g/mol. The molecule has 164 valence electrons. The minimum atomic E-state index is -3.89. The number of hydrogen-bond donors (Lipinski definition) is 2. The highest BCUT2D eigenvalue weighted by molar-refractivity contribution is 7.89. The molecule has 1 saturated carbocycles. The van der Waals surface area contributed by atoms with Crippen molar-refractivity contribution in [3.8, 4) is 5.75 Å². The van der Waals surface area contributed by atoms with Crippen molar-refractivity contribution in [2.75, 3.05) is 11.9 Å². The summed E-state index contributed by atoms with van der Waals surface area (Å²) in [6.07, 6.45) is 5.77. The monoisotopic (exact) mass is 435 g/mol. The van der Waals surface area contributed by atoms with Crippen LogP contribution < -0.4 is 15.4 Å². The number of carbonyl (C=O) groups is 2. The molecule has 2 atom stereocenters. The van der Waals surface area contributed by atoms with Gasteiger partial charge in [-0.15, -0.1) is 0 Å². The zero-order valence-electron chi connectivity index (χ0n) is 17.4. The minimum absolute atomic E-state index is 0.113. The van der Waals surface area contributed by atoms with Gasteiger partial charge in [0.1, 0.15) is 11.8 Å². The predicted octanol–water partition coefficient (Wildman–Crippen LogP) is 2.32. The molecule has 2 N–H and O–H groups in total. The molecule has 2 fully saturated rings. The summed E-state index contributed by atoms with van der Waals surface area (Å²) < 4.78 is 33.9. The van der Waals surface area contributed by atoms with Crippen LogP contribution in [0.3, 0.4) is 0 Å². The van der Waals surface area contributed by atoms with E-state index in [-0.39, 0.29) is 22.8 Å². The molecule has 0 bridgehead atoms. The van der Waals surface area contributed by atoms with Crippen LogP contribution in [0.2, 0.25) is 0 Å². The van der Waals surface area contributed by atoms with E-state index in [1.165, 1.54) is 16.8 Å². The fourth-order valence-electron chi connectivity index (χ4n) is 4.58. The largest absolute Gasteiger partial charge is 0.479 e. The highest BCUT2D eigenvalue weighted by atomic mass is 32.2. The Bertz CT molecular complexity index is 956. The first kappa shape index (κ1) is 21.1. The van der Waals surface area contributed by atoms with Crippen LogP contribution in [0.1, 0.15) is 57.4 Å². The Balaban J connectivity index is 1.58. The minimum Gasteiger partial charge on any atom is -0.479 e. The predicted molar refractivity (Wildman–Crippen MR) is 112 cm³/mol. The van der Waals surface area contributed by atoms with Crippen LogP contribution in [0, 0.1) is 6.92 Å². The van der Waals surface area contributed by atoms with E-state index in [1.54, 1.807) is 19.9 Å². The summed E-state index contributed by atoms with van der Waals surface area (Å²) in [7, 11) is -3.89. The standard InChI is InChI=1S/C21H29N3O5S/c1-13-11-16-18(29-14(2)20(25)23-16)12-19(13)30(27,28)24-10-6-9-17(24)21(26)22-15-7-4-3-5-8-15/h11-12,14-15,17H,3-10H2,1-2H3,(H,22,26)(H,23,25)/t14-,17+/m0/s1. The fourth-order valence-corrected chi connectivity index (χ4v) is 6.46. The normalized spacial score (nSPS) is 25.3. The SMILES string of the molecule is Cc1cc2c(cc1S(=O)(=O)N1CCC[C@@H]1C(=O)NC1CCCCC1)O[C@@H](C)C(=O)N2. The topological polar surface area (TPSA) is 105 Å². The van der Waals surface area contributed by atoms with Crippen molar-refractivity contribution in [2.45, 2.75) is 81.9 Å². The van der Waals surface area contributed by atoms with Crippen LogP contribution in [0.25, 0.3) is 0 Å². The smallest absolute Gasteiger partial charge is 0.265 e. The number of aryl methyl sites for hydroxylation is 1. The van der Waals surface area contributed by atoms with Gasteiger partial charge in [0.05, 0.1) is 10.6 Å². The molecule has 3 aliphatic rings. The van der Waals surface area contributed by atoms with E-state index in [9.17, 15) is 18.0 Å². The molecule has 2 heterocycles. The van der Waals surface area contributed by atoms with Gasteiger partial charge in [0.25, 0.3) is 5.91 Å². The molecule has 1 aliphatic carbocycles. The lowest BCUT2D eigenvalue weighted by Crippen LogP contribution is -2.49. The van der Waals surface area contributed by atoms with Crippen LogP contribution in [0.4, 0.5) is 5.69 Å². The Labute approximate surface area is 177 Å². The first-order valence-electron chi connectivity index (χ1n) is 10.7. The van der Waals surface area contributed by atoms with Crippen molar-refractivity contribution in [2.24, 2.45) is 0 Å². The number of sulfonamides is 1. The third-order valence-electron chi connectivity index (χ3n) is 6.25. The number of rotatable bonds is 4. The van der Waals surface area contributed by atoms with E-state index in [2.05, 4.69) is 10.6 Å². The molecule has 0 radical (unpaired) electrons. The Morgan fingerprint density at radius 1 is 1.17 bits per heavy atom.